The van der Waals surface area contributed by atoms with Crippen LogP contribution in [0.5, 0.6) is 5.75 Å². The maximum absolute atomic E-state index is 13.5. The molecule has 1 aliphatic rings. The molecular weight excluding hydrogens is 432 g/mol. The van der Waals surface area contributed by atoms with Crippen LogP contribution in [-0.2, 0) is 14.8 Å². The highest BCUT2D eigenvalue weighted by Gasteiger charge is 2.39. The second-order valence-corrected chi connectivity index (χ2v) is 9.97. The highest BCUT2D eigenvalue weighted by atomic mass is 32.2. The lowest BCUT2D eigenvalue weighted by Crippen LogP contribution is -2.44. The van der Waals surface area contributed by atoms with Crippen molar-refractivity contribution < 1.29 is 27.5 Å². The minimum Gasteiger partial charge on any atom is -0.497 e. The summed E-state index contributed by atoms with van der Waals surface area (Å²) in [5, 5.41) is 0. The predicted molar refractivity (Wildman–Crippen MR) is 120 cm³/mol. The zero-order chi connectivity index (χ0) is 23.6. The maximum atomic E-state index is 13.5. The van der Waals surface area contributed by atoms with Crippen LogP contribution >= 0.6 is 0 Å². The zero-order valence-electron chi connectivity index (χ0n) is 19.1. The van der Waals surface area contributed by atoms with Crippen LogP contribution < -0.4 is 4.74 Å². The SMILES string of the molecule is CCOC(=O)c1[nH]c(C)c(C(=O)C(C)N(CC2CC2)S(=O)(=O)c2ccc(OC)cc2)c1C. The molecular formula is C23H30N2O6S. The second kappa shape index (κ2) is 9.46. The van der Waals surface area contributed by atoms with Crippen molar-refractivity contribution >= 4 is 21.8 Å². The zero-order valence-corrected chi connectivity index (χ0v) is 19.9. The first kappa shape index (κ1) is 24.0. The lowest BCUT2D eigenvalue weighted by Gasteiger charge is -2.28. The number of Topliss-reactive ketones (excluding diaryl/α,β-unsaturated/α-hetero) is 1. The van der Waals surface area contributed by atoms with Gasteiger partial charge in [0.1, 0.15) is 11.4 Å². The predicted octanol–water partition coefficient (Wildman–Crippen LogP) is 3.49. The number of aryl methyl sites for hydroxylation is 1. The van der Waals surface area contributed by atoms with Gasteiger partial charge in [0.2, 0.25) is 10.0 Å². The number of hydrogen-bond acceptors (Lipinski definition) is 6. The molecule has 32 heavy (non-hydrogen) atoms. The second-order valence-electron chi connectivity index (χ2n) is 8.08. The van der Waals surface area contributed by atoms with E-state index >= 15 is 0 Å². The van der Waals surface area contributed by atoms with Gasteiger partial charge in [0, 0.05) is 17.8 Å². The quantitative estimate of drug-likeness (QED) is 0.428. The highest BCUT2D eigenvalue weighted by Crippen LogP contribution is 2.34. The van der Waals surface area contributed by atoms with Crippen LogP contribution in [0.25, 0.3) is 0 Å². The van der Waals surface area contributed by atoms with Gasteiger partial charge in [-0.05, 0) is 76.3 Å². The highest BCUT2D eigenvalue weighted by molar-refractivity contribution is 7.89. The van der Waals surface area contributed by atoms with E-state index in [1.807, 2.05) is 0 Å². The van der Waals surface area contributed by atoms with E-state index in [1.54, 1.807) is 39.8 Å². The number of aromatic nitrogens is 1. The first-order valence-electron chi connectivity index (χ1n) is 10.7. The molecule has 2 aromatic rings. The van der Waals surface area contributed by atoms with E-state index in [1.165, 1.54) is 23.5 Å². The molecule has 1 saturated carbocycles. The normalized spacial score (nSPS) is 14.9. The van der Waals surface area contributed by atoms with Crippen molar-refractivity contribution in [3.05, 3.63) is 46.8 Å². The van der Waals surface area contributed by atoms with E-state index < -0.39 is 22.0 Å². The largest absolute Gasteiger partial charge is 0.497 e. The molecule has 174 valence electrons. The van der Waals surface area contributed by atoms with E-state index in [-0.39, 0.29) is 35.4 Å². The molecule has 0 spiro atoms. The van der Waals surface area contributed by atoms with Crippen LogP contribution in [0.3, 0.4) is 0 Å². The minimum absolute atomic E-state index is 0.105. The van der Waals surface area contributed by atoms with E-state index in [2.05, 4.69) is 4.98 Å². The number of sulfonamides is 1. The van der Waals surface area contributed by atoms with Gasteiger partial charge in [0.25, 0.3) is 0 Å². The van der Waals surface area contributed by atoms with Gasteiger partial charge in [-0.25, -0.2) is 13.2 Å². The van der Waals surface area contributed by atoms with Crippen molar-refractivity contribution in [1.29, 1.82) is 0 Å². The van der Waals surface area contributed by atoms with Crippen LogP contribution in [0.4, 0.5) is 0 Å². The summed E-state index contributed by atoms with van der Waals surface area (Å²) in [7, 11) is -2.41. The Morgan fingerprint density at radius 1 is 1.19 bits per heavy atom. The number of esters is 1. The summed E-state index contributed by atoms with van der Waals surface area (Å²) in [6.45, 7) is 7.15. The standard InChI is InChI=1S/C23H30N2O6S/c1-6-31-23(27)21-14(2)20(15(3)24-21)22(26)16(4)25(13-17-7-8-17)32(28,29)19-11-9-18(30-5)10-12-19/h9-12,16-17,24H,6-8,13H2,1-5H3. The Kier molecular flexibility index (Phi) is 7.09. The number of carbonyl (C=O) groups is 2. The molecule has 1 fully saturated rings. The summed E-state index contributed by atoms with van der Waals surface area (Å²) in [5.41, 5.74) is 1.51. The summed E-state index contributed by atoms with van der Waals surface area (Å²) in [4.78, 5) is 28.8. The molecule has 8 nitrogen and oxygen atoms in total. The maximum Gasteiger partial charge on any atom is 0.355 e. The Morgan fingerprint density at radius 2 is 1.81 bits per heavy atom. The average Bonchev–Trinajstić information content (AvgIpc) is 3.54. The summed E-state index contributed by atoms with van der Waals surface area (Å²) in [6, 6.07) is 5.20. The number of rotatable bonds is 10. The smallest absolute Gasteiger partial charge is 0.355 e. The minimum atomic E-state index is -3.92. The number of H-pyrrole nitrogens is 1. The van der Waals surface area contributed by atoms with Crippen molar-refractivity contribution in [3.8, 4) is 5.75 Å². The van der Waals surface area contributed by atoms with E-state index in [0.717, 1.165) is 12.8 Å². The molecule has 0 amide bonds. The Balaban J connectivity index is 1.96. The first-order chi connectivity index (χ1) is 15.1. The molecule has 1 N–H and O–H groups in total. The molecule has 0 bridgehead atoms. The molecule has 1 unspecified atom stereocenters. The summed E-state index contributed by atoms with van der Waals surface area (Å²) < 4.78 is 38.4. The number of aromatic amines is 1. The Labute approximate surface area is 189 Å². The van der Waals surface area contributed by atoms with Gasteiger partial charge >= 0.3 is 5.97 Å². The molecule has 1 heterocycles. The van der Waals surface area contributed by atoms with Crippen LogP contribution in [-0.4, -0.2) is 55.8 Å². The van der Waals surface area contributed by atoms with Crippen LogP contribution in [0.1, 0.15) is 58.8 Å². The third-order valence-electron chi connectivity index (χ3n) is 5.78. The number of carbonyl (C=O) groups excluding carboxylic acids is 2. The van der Waals surface area contributed by atoms with Crippen molar-refractivity contribution in [1.82, 2.24) is 9.29 Å². The van der Waals surface area contributed by atoms with Crippen LogP contribution in [0, 0.1) is 19.8 Å². The molecule has 1 aliphatic carbocycles. The lowest BCUT2D eigenvalue weighted by molar-refractivity contribution is 0.0519. The molecule has 0 aliphatic heterocycles. The van der Waals surface area contributed by atoms with Gasteiger partial charge in [-0.15, -0.1) is 0 Å². The molecule has 0 radical (unpaired) electrons. The number of hydrogen-bond donors (Lipinski definition) is 1. The topological polar surface area (TPSA) is 106 Å². The van der Waals surface area contributed by atoms with Crippen molar-refractivity contribution in [2.24, 2.45) is 5.92 Å². The summed E-state index contributed by atoms with van der Waals surface area (Å²) in [5.74, 6) is -0.112. The molecule has 0 saturated heterocycles. The van der Waals surface area contributed by atoms with Gasteiger partial charge < -0.3 is 14.5 Å². The number of methoxy groups -OCH3 is 1. The van der Waals surface area contributed by atoms with Crippen LogP contribution in [0.15, 0.2) is 29.2 Å². The summed E-state index contributed by atoms with van der Waals surface area (Å²) in [6.07, 6.45) is 1.87. The van der Waals surface area contributed by atoms with Crippen molar-refractivity contribution in [2.45, 2.75) is 51.5 Å². The van der Waals surface area contributed by atoms with Gasteiger partial charge in [-0.3, -0.25) is 4.79 Å². The van der Waals surface area contributed by atoms with E-state index in [4.69, 9.17) is 9.47 Å². The monoisotopic (exact) mass is 462 g/mol. The Morgan fingerprint density at radius 3 is 2.34 bits per heavy atom. The Hall–Kier alpha value is -2.65. The number of ether oxygens (including phenoxy) is 2. The number of nitrogens with one attached hydrogen (secondary N) is 1. The fraction of sp³-hybridized carbons (Fsp3) is 0.478. The van der Waals surface area contributed by atoms with Gasteiger partial charge in [-0.2, -0.15) is 4.31 Å². The average molecular weight is 463 g/mol. The molecule has 1 atom stereocenters. The van der Waals surface area contributed by atoms with Crippen molar-refractivity contribution in [3.63, 3.8) is 0 Å². The third-order valence-corrected chi connectivity index (χ3v) is 7.73. The number of ketones is 1. The fourth-order valence-electron chi connectivity index (χ4n) is 3.77. The summed E-state index contributed by atoms with van der Waals surface area (Å²) >= 11 is 0. The number of nitrogens with zero attached hydrogens (tertiary/aromatic N) is 1. The first-order valence-corrected chi connectivity index (χ1v) is 12.1. The molecule has 9 heteroatoms. The van der Waals surface area contributed by atoms with Gasteiger partial charge in [0.15, 0.2) is 5.78 Å². The van der Waals surface area contributed by atoms with E-state index in [9.17, 15) is 18.0 Å². The van der Waals surface area contributed by atoms with Gasteiger partial charge in [-0.1, -0.05) is 0 Å². The lowest BCUT2D eigenvalue weighted by atomic mass is 10.0. The van der Waals surface area contributed by atoms with Crippen LogP contribution in [0.2, 0.25) is 0 Å². The molecule has 3 rings (SSSR count). The van der Waals surface area contributed by atoms with E-state index in [0.29, 0.717) is 22.6 Å². The third kappa shape index (κ3) is 4.73. The molecule has 1 aromatic heterocycles. The van der Waals surface area contributed by atoms with Gasteiger partial charge in [0.05, 0.1) is 24.7 Å². The molecule has 1 aromatic carbocycles. The fourth-order valence-corrected chi connectivity index (χ4v) is 5.44. The Bertz CT molecular complexity index is 1100. The number of benzene rings is 1. The van der Waals surface area contributed by atoms with Crippen molar-refractivity contribution in [2.75, 3.05) is 20.3 Å².